The Bertz CT molecular complexity index is 932. The normalized spacial score (nSPS) is 14.1. The standard InChI is InChI=1S/C24H37N5.C2HF3O2/c1-4-10-21-11-13-22(14-12-21)26-24-25-20(3)19-23(27-24)29(5-2)18-9-17-28-15-7-6-8-16-28;3-2(4,5)1(6)7/h11-14,19H,4-10,15-18H2,1-3H3,(H,25,26,27);(H,6,7). The van der Waals surface area contributed by atoms with Crippen molar-refractivity contribution in [2.75, 3.05) is 42.9 Å². The molecule has 1 aliphatic heterocycles. The molecular formula is C26H38F3N5O2. The number of nitrogens with zero attached hydrogens (tertiary/aromatic N) is 4. The Morgan fingerprint density at radius 3 is 2.31 bits per heavy atom. The summed E-state index contributed by atoms with van der Waals surface area (Å²) in [5.41, 5.74) is 3.40. The van der Waals surface area contributed by atoms with Crippen molar-refractivity contribution < 1.29 is 23.1 Å². The summed E-state index contributed by atoms with van der Waals surface area (Å²) in [6.07, 6.45) is 2.50. The lowest BCUT2D eigenvalue weighted by Crippen LogP contribution is -2.33. The predicted molar refractivity (Wildman–Crippen MR) is 137 cm³/mol. The average Bonchev–Trinajstić information content (AvgIpc) is 2.83. The number of nitrogens with one attached hydrogen (secondary N) is 1. The third-order valence-electron chi connectivity index (χ3n) is 5.89. The Morgan fingerprint density at radius 2 is 1.75 bits per heavy atom. The van der Waals surface area contributed by atoms with E-state index in [0.29, 0.717) is 5.95 Å². The van der Waals surface area contributed by atoms with Gasteiger partial charge < -0.3 is 20.2 Å². The van der Waals surface area contributed by atoms with Gasteiger partial charge in [-0.05, 0) is 76.9 Å². The van der Waals surface area contributed by atoms with Gasteiger partial charge in [-0.1, -0.05) is 31.9 Å². The van der Waals surface area contributed by atoms with E-state index in [1.807, 2.05) is 6.92 Å². The second-order valence-corrected chi connectivity index (χ2v) is 8.90. The van der Waals surface area contributed by atoms with Crippen LogP contribution in [0.2, 0.25) is 0 Å². The lowest BCUT2D eigenvalue weighted by atomic mass is 10.1. The van der Waals surface area contributed by atoms with Crippen molar-refractivity contribution in [1.29, 1.82) is 0 Å². The second-order valence-electron chi connectivity index (χ2n) is 8.90. The molecule has 0 amide bonds. The smallest absolute Gasteiger partial charge is 0.475 e. The fourth-order valence-electron chi connectivity index (χ4n) is 4.05. The lowest BCUT2D eigenvalue weighted by Gasteiger charge is -2.28. The van der Waals surface area contributed by atoms with Crippen LogP contribution in [0.1, 0.15) is 57.2 Å². The second kappa shape index (κ2) is 14.6. The molecule has 1 aromatic heterocycles. The zero-order valence-corrected chi connectivity index (χ0v) is 21.4. The molecule has 1 aliphatic rings. The van der Waals surface area contributed by atoms with Crippen LogP contribution in [0.15, 0.2) is 30.3 Å². The van der Waals surface area contributed by atoms with Gasteiger partial charge in [0.05, 0.1) is 0 Å². The fourth-order valence-corrected chi connectivity index (χ4v) is 4.05. The number of hydrogen-bond donors (Lipinski definition) is 2. The van der Waals surface area contributed by atoms with E-state index in [9.17, 15) is 13.2 Å². The van der Waals surface area contributed by atoms with Gasteiger partial charge in [-0.25, -0.2) is 9.78 Å². The van der Waals surface area contributed by atoms with Crippen molar-refractivity contribution >= 4 is 23.4 Å². The summed E-state index contributed by atoms with van der Waals surface area (Å²) in [5, 5.41) is 10.5. The Morgan fingerprint density at radius 1 is 1.11 bits per heavy atom. The molecule has 2 N–H and O–H groups in total. The highest BCUT2D eigenvalue weighted by atomic mass is 19.4. The number of carbonyl (C=O) groups is 1. The van der Waals surface area contributed by atoms with E-state index in [-0.39, 0.29) is 0 Å². The Hall–Kier alpha value is -2.88. The molecular weight excluding hydrogens is 471 g/mol. The number of anilines is 3. The fraction of sp³-hybridized carbons (Fsp3) is 0.577. The van der Waals surface area contributed by atoms with Crippen molar-refractivity contribution in [2.45, 2.75) is 65.5 Å². The number of carboxylic acids is 1. The van der Waals surface area contributed by atoms with Gasteiger partial charge in [-0.2, -0.15) is 18.2 Å². The predicted octanol–water partition coefficient (Wildman–Crippen LogP) is 5.82. The van der Waals surface area contributed by atoms with Crippen molar-refractivity contribution in [2.24, 2.45) is 0 Å². The van der Waals surface area contributed by atoms with Gasteiger partial charge in [-0.15, -0.1) is 0 Å². The van der Waals surface area contributed by atoms with Gasteiger partial charge in [0.1, 0.15) is 5.82 Å². The number of benzene rings is 1. The molecule has 0 unspecified atom stereocenters. The van der Waals surface area contributed by atoms with Crippen molar-refractivity contribution in [1.82, 2.24) is 14.9 Å². The van der Waals surface area contributed by atoms with Crippen LogP contribution in [0.25, 0.3) is 0 Å². The van der Waals surface area contributed by atoms with E-state index in [2.05, 4.69) is 64.3 Å². The first kappa shape index (κ1) is 29.4. The molecule has 0 spiro atoms. The monoisotopic (exact) mass is 509 g/mol. The summed E-state index contributed by atoms with van der Waals surface area (Å²) in [7, 11) is 0. The molecule has 0 bridgehead atoms. The van der Waals surface area contributed by atoms with E-state index in [1.165, 1.54) is 57.3 Å². The number of alkyl halides is 3. The third-order valence-corrected chi connectivity index (χ3v) is 5.89. The van der Waals surface area contributed by atoms with E-state index in [4.69, 9.17) is 14.9 Å². The molecule has 7 nitrogen and oxygen atoms in total. The van der Waals surface area contributed by atoms with Crippen LogP contribution in [-0.2, 0) is 11.2 Å². The summed E-state index contributed by atoms with van der Waals surface area (Å²) in [6, 6.07) is 10.7. The van der Waals surface area contributed by atoms with Crippen molar-refractivity contribution in [3.8, 4) is 0 Å². The number of hydrogen-bond acceptors (Lipinski definition) is 6. The lowest BCUT2D eigenvalue weighted by molar-refractivity contribution is -0.192. The van der Waals surface area contributed by atoms with Gasteiger partial charge in [0, 0.05) is 30.5 Å². The minimum absolute atomic E-state index is 0.678. The molecule has 10 heteroatoms. The van der Waals surface area contributed by atoms with Crippen LogP contribution in [0.4, 0.5) is 30.6 Å². The maximum Gasteiger partial charge on any atom is 0.490 e. The molecule has 0 radical (unpaired) electrons. The number of aliphatic carboxylic acids is 1. The van der Waals surface area contributed by atoms with Gasteiger partial charge in [0.2, 0.25) is 5.95 Å². The number of halogens is 3. The highest BCUT2D eigenvalue weighted by Gasteiger charge is 2.38. The molecule has 1 saturated heterocycles. The molecule has 0 saturated carbocycles. The highest BCUT2D eigenvalue weighted by molar-refractivity contribution is 5.73. The number of likely N-dealkylation sites (tertiary alicyclic amines) is 1. The molecule has 1 fully saturated rings. The zero-order chi connectivity index (χ0) is 26.6. The molecule has 2 heterocycles. The quantitative estimate of drug-likeness (QED) is 0.418. The van der Waals surface area contributed by atoms with Crippen LogP contribution in [0.5, 0.6) is 0 Å². The van der Waals surface area contributed by atoms with Crippen LogP contribution in [0.3, 0.4) is 0 Å². The summed E-state index contributed by atoms with van der Waals surface area (Å²) in [6.45, 7) is 12.2. The maximum atomic E-state index is 10.6. The molecule has 1 aromatic carbocycles. The van der Waals surface area contributed by atoms with Crippen molar-refractivity contribution in [3.63, 3.8) is 0 Å². The minimum atomic E-state index is -5.08. The zero-order valence-electron chi connectivity index (χ0n) is 21.4. The maximum absolute atomic E-state index is 10.6. The average molecular weight is 510 g/mol. The van der Waals surface area contributed by atoms with E-state index < -0.39 is 12.1 Å². The van der Waals surface area contributed by atoms with Crippen LogP contribution in [0, 0.1) is 6.92 Å². The molecule has 36 heavy (non-hydrogen) atoms. The van der Waals surface area contributed by atoms with Crippen LogP contribution < -0.4 is 10.2 Å². The van der Waals surface area contributed by atoms with Crippen LogP contribution in [-0.4, -0.2) is 64.8 Å². The minimum Gasteiger partial charge on any atom is -0.475 e. The number of aromatic nitrogens is 2. The van der Waals surface area contributed by atoms with Gasteiger partial charge >= 0.3 is 12.1 Å². The molecule has 3 rings (SSSR count). The number of piperidine rings is 1. The first-order chi connectivity index (χ1) is 17.1. The number of carboxylic acid groups (broad SMARTS) is 1. The van der Waals surface area contributed by atoms with Gasteiger partial charge in [0.25, 0.3) is 0 Å². The van der Waals surface area contributed by atoms with Crippen LogP contribution >= 0.6 is 0 Å². The van der Waals surface area contributed by atoms with Crippen molar-refractivity contribution in [3.05, 3.63) is 41.6 Å². The molecule has 0 aliphatic carbocycles. The Labute approximate surface area is 211 Å². The highest BCUT2D eigenvalue weighted by Crippen LogP contribution is 2.20. The summed E-state index contributed by atoms with van der Waals surface area (Å²) in [5.74, 6) is -1.06. The Kier molecular flexibility index (Phi) is 11.9. The van der Waals surface area contributed by atoms with Gasteiger partial charge in [-0.3, -0.25) is 0 Å². The molecule has 200 valence electrons. The topological polar surface area (TPSA) is 81.6 Å². The molecule has 0 atom stereocenters. The number of aryl methyl sites for hydroxylation is 2. The first-order valence-electron chi connectivity index (χ1n) is 12.6. The summed E-state index contributed by atoms with van der Waals surface area (Å²) < 4.78 is 31.7. The first-order valence-corrected chi connectivity index (χ1v) is 12.6. The summed E-state index contributed by atoms with van der Waals surface area (Å²) >= 11 is 0. The molecule has 2 aromatic rings. The van der Waals surface area contributed by atoms with Gasteiger partial charge in [0.15, 0.2) is 0 Å². The largest absolute Gasteiger partial charge is 0.490 e. The number of rotatable bonds is 10. The summed E-state index contributed by atoms with van der Waals surface area (Å²) in [4.78, 5) is 23.3. The SMILES string of the molecule is CCCc1ccc(Nc2nc(C)cc(N(CC)CCCN3CCCCC3)n2)cc1.O=C(O)C(F)(F)F. The van der Waals surface area contributed by atoms with E-state index in [0.717, 1.165) is 36.7 Å². The van der Waals surface area contributed by atoms with E-state index in [1.54, 1.807) is 0 Å². The van der Waals surface area contributed by atoms with E-state index >= 15 is 0 Å². The third kappa shape index (κ3) is 10.4. The Balaban J connectivity index is 0.000000572.